The monoisotopic (exact) mass is 377 g/mol. The zero-order valence-electron chi connectivity index (χ0n) is 15.4. The van der Waals surface area contributed by atoms with Crippen molar-refractivity contribution in [3.63, 3.8) is 0 Å². The van der Waals surface area contributed by atoms with Gasteiger partial charge in [-0.15, -0.1) is 17.5 Å². The Bertz CT molecular complexity index is 695. The lowest BCUT2D eigenvalue weighted by atomic mass is 9.95. The maximum Gasteiger partial charge on any atom is 0.273 e. The van der Waals surface area contributed by atoms with Gasteiger partial charge < -0.3 is 10.6 Å². The second-order valence-electron chi connectivity index (χ2n) is 7.39. The molecule has 1 aromatic heterocycles. The van der Waals surface area contributed by atoms with E-state index in [-0.39, 0.29) is 23.9 Å². The smallest absolute Gasteiger partial charge is 0.273 e. The zero-order valence-corrected chi connectivity index (χ0v) is 16.3. The Hall–Kier alpha value is -1.92. The Kier molecular flexibility index (Phi) is 7.17. The van der Waals surface area contributed by atoms with Crippen molar-refractivity contribution in [3.8, 4) is 0 Å². The fourth-order valence-corrected chi connectivity index (χ4v) is 3.17. The normalized spacial score (nSPS) is 15.3. The summed E-state index contributed by atoms with van der Waals surface area (Å²) in [5, 5.41) is 14.7. The van der Waals surface area contributed by atoms with Crippen LogP contribution in [0.2, 0.25) is 0 Å². The van der Waals surface area contributed by atoms with Gasteiger partial charge in [0.2, 0.25) is 0 Å². The van der Waals surface area contributed by atoms with E-state index in [1.807, 2.05) is 36.7 Å². The summed E-state index contributed by atoms with van der Waals surface area (Å²) < 4.78 is 1.84. The third-order valence-electron chi connectivity index (χ3n) is 4.76. The second-order valence-corrected chi connectivity index (χ2v) is 7.39. The van der Waals surface area contributed by atoms with E-state index in [1.54, 1.807) is 6.20 Å². The average molecular weight is 378 g/mol. The summed E-state index contributed by atoms with van der Waals surface area (Å²) in [7, 11) is 0. The van der Waals surface area contributed by atoms with Crippen molar-refractivity contribution >= 4 is 18.3 Å². The van der Waals surface area contributed by atoms with Crippen molar-refractivity contribution in [2.24, 2.45) is 0 Å². The lowest BCUT2D eigenvalue weighted by Gasteiger charge is -2.26. The highest BCUT2D eigenvalue weighted by Crippen LogP contribution is 2.18. The Balaban J connectivity index is 0.00000243. The van der Waals surface area contributed by atoms with Gasteiger partial charge in [0.05, 0.1) is 12.2 Å². The van der Waals surface area contributed by atoms with Crippen LogP contribution in [-0.4, -0.2) is 39.5 Å². The van der Waals surface area contributed by atoms with Gasteiger partial charge in [-0.1, -0.05) is 35.5 Å². The topological polar surface area (TPSA) is 71.8 Å². The van der Waals surface area contributed by atoms with Crippen molar-refractivity contribution in [1.29, 1.82) is 0 Å². The lowest BCUT2D eigenvalue weighted by Crippen LogP contribution is -2.43. The highest BCUT2D eigenvalue weighted by atomic mass is 35.5. The number of aromatic nitrogens is 3. The van der Waals surface area contributed by atoms with Crippen LogP contribution in [0.25, 0.3) is 0 Å². The minimum absolute atomic E-state index is 0. The van der Waals surface area contributed by atoms with E-state index in [9.17, 15) is 4.79 Å². The molecule has 26 heavy (non-hydrogen) atoms. The molecule has 1 aliphatic heterocycles. The number of benzene rings is 1. The molecule has 6 nitrogen and oxygen atoms in total. The maximum absolute atomic E-state index is 12.5. The third-order valence-corrected chi connectivity index (χ3v) is 4.76. The van der Waals surface area contributed by atoms with Crippen LogP contribution in [0, 0.1) is 0 Å². The van der Waals surface area contributed by atoms with Gasteiger partial charge in [-0.2, -0.15) is 0 Å². The molecular weight excluding hydrogens is 350 g/mol. The van der Waals surface area contributed by atoms with Crippen LogP contribution >= 0.6 is 12.4 Å². The summed E-state index contributed by atoms with van der Waals surface area (Å²) in [6, 6.07) is 10.7. The van der Waals surface area contributed by atoms with E-state index in [0.717, 1.165) is 38.8 Å². The first-order valence-corrected chi connectivity index (χ1v) is 9.02. The highest BCUT2D eigenvalue weighted by molar-refractivity contribution is 5.92. The quantitative estimate of drug-likeness (QED) is 0.811. The Labute approximate surface area is 161 Å². The molecule has 0 unspecified atom stereocenters. The van der Waals surface area contributed by atoms with E-state index in [1.165, 1.54) is 5.56 Å². The van der Waals surface area contributed by atoms with E-state index >= 15 is 0 Å². The van der Waals surface area contributed by atoms with Crippen molar-refractivity contribution in [3.05, 3.63) is 47.8 Å². The summed E-state index contributed by atoms with van der Waals surface area (Å²) in [5.74, 6) is -0.154. The minimum Gasteiger partial charge on any atom is -0.346 e. The van der Waals surface area contributed by atoms with Crippen LogP contribution in [0.15, 0.2) is 36.5 Å². The molecular formula is C19H28ClN5O. The van der Waals surface area contributed by atoms with Gasteiger partial charge in [-0.25, -0.2) is 4.68 Å². The number of hydrogen-bond donors (Lipinski definition) is 2. The van der Waals surface area contributed by atoms with Gasteiger partial charge >= 0.3 is 0 Å². The molecule has 0 atom stereocenters. The van der Waals surface area contributed by atoms with Gasteiger partial charge in [0, 0.05) is 5.54 Å². The van der Waals surface area contributed by atoms with E-state index < -0.39 is 0 Å². The van der Waals surface area contributed by atoms with Crippen LogP contribution in [0.4, 0.5) is 0 Å². The number of nitrogens with one attached hydrogen (secondary N) is 2. The third kappa shape index (κ3) is 5.54. The molecule has 0 spiro atoms. The molecule has 0 bridgehead atoms. The zero-order chi connectivity index (χ0) is 17.7. The average Bonchev–Trinajstić information content (AvgIpc) is 3.12. The van der Waals surface area contributed by atoms with Crippen molar-refractivity contribution in [1.82, 2.24) is 25.6 Å². The Morgan fingerprint density at radius 1 is 1.27 bits per heavy atom. The molecule has 2 N–H and O–H groups in total. The summed E-state index contributed by atoms with van der Waals surface area (Å²) in [4.78, 5) is 12.5. The second kappa shape index (κ2) is 9.14. The van der Waals surface area contributed by atoms with Gasteiger partial charge in [0.1, 0.15) is 0 Å². The molecule has 0 saturated carbocycles. The molecule has 2 heterocycles. The van der Waals surface area contributed by atoms with Crippen LogP contribution < -0.4 is 10.6 Å². The van der Waals surface area contributed by atoms with Crippen molar-refractivity contribution in [2.75, 3.05) is 13.1 Å². The molecule has 1 saturated heterocycles. The van der Waals surface area contributed by atoms with Gasteiger partial charge in [0.25, 0.3) is 5.91 Å². The number of hydrogen-bond acceptors (Lipinski definition) is 4. The number of halogens is 1. The van der Waals surface area contributed by atoms with Crippen molar-refractivity contribution in [2.45, 2.75) is 51.1 Å². The molecule has 0 radical (unpaired) electrons. The van der Waals surface area contributed by atoms with Gasteiger partial charge in [-0.3, -0.25) is 4.79 Å². The molecule has 7 heteroatoms. The molecule has 1 aliphatic rings. The highest BCUT2D eigenvalue weighted by Gasteiger charge is 2.24. The predicted molar refractivity (Wildman–Crippen MR) is 105 cm³/mol. The van der Waals surface area contributed by atoms with Crippen LogP contribution in [0.5, 0.6) is 0 Å². The fraction of sp³-hybridized carbons (Fsp3) is 0.526. The largest absolute Gasteiger partial charge is 0.346 e. The summed E-state index contributed by atoms with van der Waals surface area (Å²) in [6.45, 7) is 6.06. The van der Waals surface area contributed by atoms with Crippen LogP contribution in [0.3, 0.4) is 0 Å². The first kappa shape index (κ1) is 20.4. The Morgan fingerprint density at radius 2 is 1.96 bits per heavy atom. The molecule has 3 rings (SSSR count). The van der Waals surface area contributed by atoms with E-state index in [2.05, 4.69) is 33.1 Å². The number of carbonyl (C=O) groups is 1. The summed E-state index contributed by atoms with van der Waals surface area (Å²) >= 11 is 0. The summed E-state index contributed by atoms with van der Waals surface area (Å²) in [5.41, 5.74) is 1.37. The number of amides is 1. The van der Waals surface area contributed by atoms with Crippen LogP contribution in [-0.2, 0) is 6.42 Å². The maximum atomic E-state index is 12.5. The van der Waals surface area contributed by atoms with E-state index in [4.69, 9.17) is 0 Å². The lowest BCUT2D eigenvalue weighted by molar-refractivity contribution is 0.0904. The minimum atomic E-state index is -0.300. The van der Waals surface area contributed by atoms with Crippen molar-refractivity contribution < 1.29 is 4.79 Å². The fourth-order valence-electron chi connectivity index (χ4n) is 3.17. The molecule has 1 aromatic carbocycles. The SMILES string of the molecule is CC(C)(CCc1ccccc1)NC(=O)c1cn(C2CCNCC2)nn1.Cl. The predicted octanol–water partition coefficient (Wildman–Crippen LogP) is 2.77. The van der Waals surface area contributed by atoms with Gasteiger partial charge in [-0.05, 0) is 58.2 Å². The molecule has 1 fully saturated rings. The summed E-state index contributed by atoms with van der Waals surface area (Å²) in [6.07, 6.45) is 5.61. The molecule has 142 valence electrons. The number of rotatable bonds is 6. The molecule has 0 aliphatic carbocycles. The first-order valence-electron chi connectivity index (χ1n) is 9.02. The van der Waals surface area contributed by atoms with E-state index in [0.29, 0.717) is 11.7 Å². The first-order chi connectivity index (χ1) is 12.0. The number of aryl methyl sites for hydroxylation is 1. The van der Waals surface area contributed by atoms with Gasteiger partial charge in [0.15, 0.2) is 5.69 Å². The number of nitrogens with zero attached hydrogens (tertiary/aromatic N) is 3. The molecule has 2 aromatic rings. The van der Waals surface area contributed by atoms with Crippen LogP contribution in [0.1, 0.15) is 55.2 Å². The standard InChI is InChI=1S/C19H27N5O.ClH/c1-19(2,11-8-15-6-4-3-5-7-15)21-18(25)17-14-24(23-22-17)16-9-12-20-13-10-16;/h3-7,14,16,20H,8-13H2,1-2H3,(H,21,25);1H. The number of carbonyl (C=O) groups excluding carboxylic acids is 1. The number of piperidine rings is 1. The molecule has 1 amide bonds. The Morgan fingerprint density at radius 3 is 2.65 bits per heavy atom.